The predicted octanol–water partition coefficient (Wildman–Crippen LogP) is 1.35. The van der Waals surface area contributed by atoms with Gasteiger partial charge in [0, 0.05) is 13.1 Å². The van der Waals surface area contributed by atoms with Crippen LogP contribution in [-0.4, -0.2) is 40.0 Å². The van der Waals surface area contributed by atoms with Gasteiger partial charge in [-0.05, 0) is 50.2 Å². The molecular weight excluding hydrogens is 312 g/mol. The van der Waals surface area contributed by atoms with Crippen LogP contribution in [0.3, 0.4) is 0 Å². The number of nitrogens with two attached hydrogens (primary N) is 1. The molecule has 124 valence electrons. The van der Waals surface area contributed by atoms with E-state index in [1.165, 1.54) is 11.3 Å². The standard InChI is InChI=1S/C16H22N4O2S/c1-11-9-23-14-13(11)18-10-20(16(14)22)7-3-6-19-5-2-4-12(8-19)15(17)21/h9-10,12H,2-8H2,1H3,(H2,17,21)/t12-/m0/s1. The summed E-state index contributed by atoms with van der Waals surface area (Å²) in [4.78, 5) is 30.4. The molecule has 3 rings (SSSR count). The van der Waals surface area contributed by atoms with Crippen molar-refractivity contribution in [1.29, 1.82) is 0 Å². The Morgan fingerprint density at radius 1 is 1.48 bits per heavy atom. The van der Waals surface area contributed by atoms with Crippen LogP contribution in [0.1, 0.15) is 24.8 Å². The Morgan fingerprint density at radius 2 is 2.30 bits per heavy atom. The second-order valence-electron chi connectivity index (χ2n) is 6.24. The van der Waals surface area contributed by atoms with Gasteiger partial charge in [0.15, 0.2) is 0 Å². The number of hydrogen-bond donors (Lipinski definition) is 1. The third-order valence-electron chi connectivity index (χ3n) is 4.50. The molecule has 7 heteroatoms. The van der Waals surface area contributed by atoms with Gasteiger partial charge in [0.05, 0.1) is 17.8 Å². The van der Waals surface area contributed by atoms with Gasteiger partial charge < -0.3 is 10.6 Å². The van der Waals surface area contributed by atoms with Crippen molar-refractivity contribution in [2.45, 2.75) is 32.7 Å². The number of primary amides is 1. The van der Waals surface area contributed by atoms with Gasteiger partial charge in [-0.3, -0.25) is 14.2 Å². The molecule has 1 aliphatic heterocycles. The lowest BCUT2D eigenvalue weighted by Gasteiger charge is -2.31. The number of nitrogens with zero attached hydrogens (tertiary/aromatic N) is 3. The molecule has 1 saturated heterocycles. The van der Waals surface area contributed by atoms with Crippen LogP contribution in [-0.2, 0) is 11.3 Å². The SMILES string of the molecule is Cc1csc2c(=O)n(CCCN3CCC[C@H](C(N)=O)C3)cnc12. The summed E-state index contributed by atoms with van der Waals surface area (Å²) in [6, 6.07) is 0. The van der Waals surface area contributed by atoms with Crippen LogP contribution >= 0.6 is 11.3 Å². The minimum Gasteiger partial charge on any atom is -0.369 e. The average molecular weight is 334 g/mol. The van der Waals surface area contributed by atoms with E-state index in [0.29, 0.717) is 6.54 Å². The van der Waals surface area contributed by atoms with E-state index < -0.39 is 0 Å². The van der Waals surface area contributed by atoms with Crippen LogP contribution in [0.25, 0.3) is 10.2 Å². The molecule has 2 aromatic heterocycles. The van der Waals surface area contributed by atoms with E-state index in [9.17, 15) is 9.59 Å². The Balaban J connectivity index is 1.60. The Labute approximate surface area is 138 Å². The molecule has 0 aromatic carbocycles. The van der Waals surface area contributed by atoms with E-state index in [4.69, 9.17) is 5.73 Å². The number of piperidine rings is 1. The third-order valence-corrected chi connectivity index (χ3v) is 5.58. The highest BCUT2D eigenvalue weighted by molar-refractivity contribution is 7.17. The summed E-state index contributed by atoms with van der Waals surface area (Å²) in [5, 5.41) is 1.97. The maximum absolute atomic E-state index is 12.4. The number of fused-ring (bicyclic) bond motifs is 1. The maximum Gasteiger partial charge on any atom is 0.271 e. The van der Waals surface area contributed by atoms with Crippen molar-refractivity contribution in [2.75, 3.05) is 19.6 Å². The predicted molar refractivity (Wildman–Crippen MR) is 91.6 cm³/mol. The first-order valence-electron chi connectivity index (χ1n) is 8.01. The van der Waals surface area contributed by atoms with Crippen molar-refractivity contribution in [1.82, 2.24) is 14.5 Å². The molecule has 1 fully saturated rings. The van der Waals surface area contributed by atoms with Crippen LogP contribution < -0.4 is 11.3 Å². The smallest absolute Gasteiger partial charge is 0.271 e. The van der Waals surface area contributed by atoms with Gasteiger partial charge in [0.25, 0.3) is 5.56 Å². The number of rotatable bonds is 5. The molecule has 0 spiro atoms. The van der Waals surface area contributed by atoms with E-state index in [1.807, 2.05) is 12.3 Å². The molecule has 0 bridgehead atoms. The zero-order chi connectivity index (χ0) is 16.4. The van der Waals surface area contributed by atoms with E-state index in [-0.39, 0.29) is 17.4 Å². The Hall–Kier alpha value is -1.73. The van der Waals surface area contributed by atoms with E-state index in [0.717, 1.165) is 54.7 Å². The summed E-state index contributed by atoms with van der Waals surface area (Å²) in [5.41, 5.74) is 7.32. The number of aromatic nitrogens is 2. The van der Waals surface area contributed by atoms with E-state index in [1.54, 1.807) is 10.9 Å². The molecular formula is C16H22N4O2S. The first-order valence-corrected chi connectivity index (χ1v) is 8.89. The first kappa shape index (κ1) is 16.1. The van der Waals surface area contributed by atoms with Crippen LogP contribution in [0.4, 0.5) is 0 Å². The van der Waals surface area contributed by atoms with Crippen LogP contribution in [0.15, 0.2) is 16.5 Å². The Morgan fingerprint density at radius 3 is 3.09 bits per heavy atom. The lowest BCUT2D eigenvalue weighted by Crippen LogP contribution is -2.41. The van der Waals surface area contributed by atoms with Gasteiger partial charge in [-0.25, -0.2) is 4.98 Å². The first-order chi connectivity index (χ1) is 11.1. The monoisotopic (exact) mass is 334 g/mol. The number of carbonyl (C=O) groups excluding carboxylic acids is 1. The topological polar surface area (TPSA) is 81.2 Å². The summed E-state index contributed by atoms with van der Waals surface area (Å²) in [7, 11) is 0. The highest BCUT2D eigenvalue weighted by atomic mass is 32.1. The Bertz CT molecular complexity index is 767. The lowest BCUT2D eigenvalue weighted by molar-refractivity contribution is -0.123. The quantitative estimate of drug-likeness (QED) is 0.895. The molecule has 2 N–H and O–H groups in total. The highest BCUT2D eigenvalue weighted by Crippen LogP contribution is 2.19. The molecule has 2 aromatic rings. The zero-order valence-corrected chi connectivity index (χ0v) is 14.1. The molecule has 1 amide bonds. The molecule has 0 unspecified atom stereocenters. The molecule has 0 aliphatic carbocycles. The fourth-order valence-electron chi connectivity index (χ4n) is 3.18. The second-order valence-corrected chi connectivity index (χ2v) is 7.11. The van der Waals surface area contributed by atoms with Gasteiger partial charge in [0.1, 0.15) is 4.70 Å². The minimum absolute atomic E-state index is 0.0291. The van der Waals surface area contributed by atoms with Crippen LogP contribution in [0.5, 0.6) is 0 Å². The maximum atomic E-state index is 12.4. The van der Waals surface area contributed by atoms with Crippen molar-refractivity contribution in [3.63, 3.8) is 0 Å². The summed E-state index contributed by atoms with van der Waals surface area (Å²) in [6.45, 7) is 5.24. The average Bonchev–Trinajstić information content (AvgIpc) is 2.92. The fourth-order valence-corrected chi connectivity index (χ4v) is 4.12. The molecule has 6 nitrogen and oxygen atoms in total. The number of thiophene rings is 1. The lowest BCUT2D eigenvalue weighted by atomic mass is 9.97. The van der Waals surface area contributed by atoms with Crippen molar-refractivity contribution in [2.24, 2.45) is 11.7 Å². The van der Waals surface area contributed by atoms with Gasteiger partial charge in [-0.2, -0.15) is 0 Å². The van der Waals surface area contributed by atoms with Gasteiger partial charge in [-0.15, -0.1) is 11.3 Å². The molecule has 0 radical (unpaired) electrons. The van der Waals surface area contributed by atoms with Crippen LogP contribution in [0, 0.1) is 12.8 Å². The van der Waals surface area contributed by atoms with E-state index >= 15 is 0 Å². The van der Waals surface area contributed by atoms with Gasteiger partial charge in [0.2, 0.25) is 5.91 Å². The third kappa shape index (κ3) is 3.45. The normalized spacial score (nSPS) is 19.3. The molecule has 23 heavy (non-hydrogen) atoms. The fraction of sp³-hybridized carbons (Fsp3) is 0.562. The summed E-state index contributed by atoms with van der Waals surface area (Å²) >= 11 is 1.46. The van der Waals surface area contributed by atoms with E-state index in [2.05, 4.69) is 9.88 Å². The number of amides is 1. The molecule has 3 heterocycles. The molecule has 1 aliphatic rings. The summed E-state index contributed by atoms with van der Waals surface area (Å²) in [6.07, 6.45) is 4.41. The Kier molecular flexibility index (Phi) is 4.77. The van der Waals surface area contributed by atoms with Crippen molar-refractivity contribution >= 4 is 27.5 Å². The number of likely N-dealkylation sites (tertiary alicyclic amines) is 1. The summed E-state index contributed by atoms with van der Waals surface area (Å²) in [5.74, 6) is -0.229. The molecule has 1 atom stereocenters. The number of carbonyl (C=O) groups is 1. The largest absolute Gasteiger partial charge is 0.369 e. The summed E-state index contributed by atoms with van der Waals surface area (Å²) < 4.78 is 2.42. The minimum atomic E-state index is -0.200. The molecule has 0 saturated carbocycles. The van der Waals surface area contributed by atoms with Crippen molar-refractivity contribution in [3.8, 4) is 0 Å². The van der Waals surface area contributed by atoms with Crippen molar-refractivity contribution in [3.05, 3.63) is 27.6 Å². The second kappa shape index (κ2) is 6.80. The van der Waals surface area contributed by atoms with Crippen LogP contribution in [0.2, 0.25) is 0 Å². The van der Waals surface area contributed by atoms with Crippen molar-refractivity contribution < 1.29 is 4.79 Å². The van der Waals surface area contributed by atoms with Gasteiger partial charge >= 0.3 is 0 Å². The number of hydrogen-bond acceptors (Lipinski definition) is 5. The highest BCUT2D eigenvalue weighted by Gasteiger charge is 2.23. The van der Waals surface area contributed by atoms with Gasteiger partial charge in [-0.1, -0.05) is 0 Å². The zero-order valence-electron chi connectivity index (χ0n) is 13.3. The number of aryl methyl sites for hydroxylation is 2.